The Morgan fingerprint density at radius 2 is 1.50 bits per heavy atom. The summed E-state index contributed by atoms with van der Waals surface area (Å²) in [6.45, 7) is 3.64. The monoisotopic (exact) mass is 477 g/mol. The Hall–Kier alpha value is -3.75. The second-order valence-electron chi connectivity index (χ2n) is 8.21. The fraction of sp³-hybridized carbons (Fsp3) is 0.154. The van der Waals surface area contributed by atoms with Crippen molar-refractivity contribution in [1.82, 2.24) is 4.57 Å². The van der Waals surface area contributed by atoms with Crippen LogP contribution in [0.4, 0.5) is 0 Å². The second-order valence-corrected chi connectivity index (χ2v) is 9.83. The number of nitrogens with zero attached hydrogens (tertiary/aromatic N) is 1. The molecule has 7 nitrogen and oxygen atoms in total. The van der Waals surface area contributed by atoms with Gasteiger partial charge >= 0.3 is 0 Å². The molecule has 0 radical (unpaired) electrons. The zero-order valence-electron chi connectivity index (χ0n) is 18.6. The molecular weight excluding hydrogens is 454 g/mol. The Morgan fingerprint density at radius 1 is 0.912 bits per heavy atom. The van der Waals surface area contributed by atoms with Gasteiger partial charge in [-0.25, -0.2) is 4.57 Å². The predicted molar refractivity (Wildman–Crippen MR) is 128 cm³/mol. The largest absolute Gasteiger partial charge is 0.494 e. The van der Waals surface area contributed by atoms with Gasteiger partial charge in [-0.15, -0.1) is 0 Å². The van der Waals surface area contributed by atoms with Crippen molar-refractivity contribution in [3.05, 3.63) is 95.6 Å². The maximum atomic E-state index is 13.4. The molecule has 0 spiro atoms. The number of ketones is 1. The van der Waals surface area contributed by atoms with Crippen molar-refractivity contribution in [2.45, 2.75) is 18.7 Å². The lowest BCUT2D eigenvalue weighted by molar-refractivity contribution is 0.0956. The first-order valence-electron chi connectivity index (χ1n) is 10.7. The molecule has 0 saturated heterocycles. The molecule has 0 aliphatic rings. The number of carbonyl (C=O) groups excluding carboxylic acids is 2. The summed E-state index contributed by atoms with van der Waals surface area (Å²) < 4.78 is 31.6. The van der Waals surface area contributed by atoms with Crippen LogP contribution in [-0.2, 0) is 14.3 Å². The van der Waals surface area contributed by atoms with Crippen LogP contribution in [0.5, 0.6) is 5.88 Å². The van der Waals surface area contributed by atoms with Gasteiger partial charge in [0.1, 0.15) is 0 Å². The first-order chi connectivity index (χ1) is 16.2. The van der Waals surface area contributed by atoms with Crippen molar-refractivity contribution in [2.75, 3.05) is 6.61 Å². The van der Waals surface area contributed by atoms with E-state index in [1.54, 1.807) is 60.7 Å². The van der Waals surface area contributed by atoms with E-state index in [4.69, 9.17) is 4.18 Å². The first kappa shape index (κ1) is 23.4. The summed E-state index contributed by atoms with van der Waals surface area (Å²) >= 11 is 0. The highest BCUT2D eigenvalue weighted by Crippen LogP contribution is 2.35. The zero-order chi connectivity index (χ0) is 24.5. The minimum atomic E-state index is -4.12. The summed E-state index contributed by atoms with van der Waals surface area (Å²) in [6.07, 6.45) is 0. The Kier molecular flexibility index (Phi) is 6.37. The van der Waals surface area contributed by atoms with Gasteiger partial charge in [-0.2, -0.15) is 8.42 Å². The highest BCUT2D eigenvalue weighted by molar-refractivity contribution is 7.86. The van der Waals surface area contributed by atoms with Crippen LogP contribution < -0.4 is 0 Å². The lowest BCUT2D eigenvalue weighted by atomic mass is 10.0. The van der Waals surface area contributed by atoms with Crippen LogP contribution in [0.2, 0.25) is 0 Å². The normalized spacial score (nSPS) is 11.7. The maximum absolute atomic E-state index is 13.4. The summed E-state index contributed by atoms with van der Waals surface area (Å²) in [4.78, 5) is 26.5. The van der Waals surface area contributed by atoms with Crippen molar-refractivity contribution < 1.29 is 27.3 Å². The molecule has 0 saturated carbocycles. The Labute approximate surface area is 197 Å². The molecule has 0 atom stereocenters. The van der Waals surface area contributed by atoms with E-state index in [-0.39, 0.29) is 39.5 Å². The van der Waals surface area contributed by atoms with E-state index >= 15 is 0 Å². The molecule has 8 heteroatoms. The Bertz CT molecular complexity index is 1470. The third-order valence-electron chi connectivity index (χ3n) is 5.25. The average molecular weight is 478 g/mol. The minimum Gasteiger partial charge on any atom is -0.494 e. The van der Waals surface area contributed by atoms with Crippen LogP contribution in [0, 0.1) is 5.92 Å². The van der Waals surface area contributed by atoms with Gasteiger partial charge < -0.3 is 5.11 Å². The molecule has 4 rings (SSSR count). The zero-order valence-corrected chi connectivity index (χ0v) is 19.5. The topological polar surface area (TPSA) is 103 Å². The molecule has 34 heavy (non-hydrogen) atoms. The number of hydrogen-bond acceptors (Lipinski definition) is 6. The second kappa shape index (κ2) is 9.24. The fourth-order valence-electron chi connectivity index (χ4n) is 3.58. The predicted octanol–water partition coefficient (Wildman–Crippen LogP) is 4.63. The van der Waals surface area contributed by atoms with E-state index in [0.29, 0.717) is 5.56 Å². The summed E-state index contributed by atoms with van der Waals surface area (Å²) in [6, 6.07) is 20.5. The van der Waals surface area contributed by atoms with Gasteiger partial charge in [0.05, 0.1) is 22.6 Å². The molecule has 3 aromatic carbocycles. The summed E-state index contributed by atoms with van der Waals surface area (Å²) in [7, 11) is -4.12. The molecule has 0 bridgehead atoms. The summed E-state index contributed by atoms with van der Waals surface area (Å²) in [5, 5.41) is 11.2. The highest BCUT2D eigenvalue weighted by atomic mass is 32.2. The highest BCUT2D eigenvalue weighted by Gasteiger charge is 2.28. The molecule has 1 aromatic heterocycles. The van der Waals surface area contributed by atoms with Crippen molar-refractivity contribution in [3.63, 3.8) is 0 Å². The molecule has 0 aliphatic carbocycles. The number of aromatic hydroxyl groups is 1. The average Bonchev–Trinajstić information content (AvgIpc) is 3.14. The molecule has 0 unspecified atom stereocenters. The van der Waals surface area contributed by atoms with Crippen molar-refractivity contribution >= 4 is 32.7 Å². The molecule has 0 aliphatic heterocycles. The number of fused-ring (bicyclic) bond motifs is 1. The van der Waals surface area contributed by atoms with Crippen molar-refractivity contribution in [3.8, 4) is 5.88 Å². The third-order valence-corrected chi connectivity index (χ3v) is 6.52. The Morgan fingerprint density at radius 3 is 2.09 bits per heavy atom. The van der Waals surface area contributed by atoms with Gasteiger partial charge in [-0.3, -0.25) is 13.8 Å². The first-order valence-corrected chi connectivity index (χ1v) is 12.1. The lowest BCUT2D eigenvalue weighted by Gasteiger charge is -2.09. The SMILES string of the molecule is CC(C)COS(=O)(=O)c1ccc2c(c1)c(C(=O)c1ccccc1)c(O)n2C(=O)c1ccccc1. The molecule has 0 fully saturated rings. The van der Waals surface area contributed by atoms with Gasteiger partial charge in [0, 0.05) is 16.5 Å². The van der Waals surface area contributed by atoms with Crippen molar-refractivity contribution in [1.29, 1.82) is 0 Å². The summed E-state index contributed by atoms with van der Waals surface area (Å²) in [5.41, 5.74) is 0.624. The smallest absolute Gasteiger partial charge is 0.297 e. The van der Waals surface area contributed by atoms with E-state index in [9.17, 15) is 23.1 Å². The van der Waals surface area contributed by atoms with Crippen LogP contribution in [0.3, 0.4) is 0 Å². The molecule has 4 aromatic rings. The maximum Gasteiger partial charge on any atom is 0.297 e. The number of aromatic nitrogens is 1. The van der Waals surface area contributed by atoms with Crippen LogP contribution in [0.15, 0.2) is 83.8 Å². The van der Waals surface area contributed by atoms with Crippen LogP contribution >= 0.6 is 0 Å². The fourth-order valence-corrected chi connectivity index (χ4v) is 4.66. The van der Waals surface area contributed by atoms with Crippen LogP contribution in [0.1, 0.15) is 40.1 Å². The van der Waals surface area contributed by atoms with E-state index in [2.05, 4.69) is 0 Å². The molecule has 1 heterocycles. The van der Waals surface area contributed by atoms with Gasteiger partial charge in [0.15, 0.2) is 5.78 Å². The van der Waals surface area contributed by atoms with E-state index in [0.717, 1.165) is 4.57 Å². The number of carbonyl (C=O) groups is 2. The lowest BCUT2D eigenvalue weighted by Crippen LogP contribution is -2.12. The third kappa shape index (κ3) is 4.37. The summed E-state index contributed by atoms with van der Waals surface area (Å²) in [5.74, 6) is -1.67. The van der Waals surface area contributed by atoms with E-state index < -0.39 is 27.7 Å². The number of hydrogen-bond donors (Lipinski definition) is 1. The van der Waals surface area contributed by atoms with Gasteiger partial charge in [-0.1, -0.05) is 62.4 Å². The van der Waals surface area contributed by atoms with Crippen LogP contribution in [0.25, 0.3) is 10.9 Å². The van der Waals surface area contributed by atoms with E-state index in [1.165, 1.54) is 18.2 Å². The van der Waals surface area contributed by atoms with Gasteiger partial charge in [0.25, 0.3) is 16.0 Å². The standard InChI is InChI=1S/C26H23NO6S/c1-17(2)16-33-34(31,32)20-13-14-22-21(15-20)23(24(28)18-9-5-3-6-10-18)26(30)27(22)25(29)19-11-7-4-8-12-19/h3-15,17,30H,16H2,1-2H3. The molecular formula is C26H23NO6S. The Balaban J connectivity index is 1.95. The molecule has 174 valence electrons. The molecule has 0 amide bonds. The minimum absolute atomic E-state index is 0.00503. The van der Waals surface area contributed by atoms with Crippen molar-refractivity contribution in [2.24, 2.45) is 5.92 Å². The quantitative estimate of drug-likeness (QED) is 0.308. The van der Waals surface area contributed by atoms with Gasteiger partial charge in [-0.05, 0) is 36.2 Å². The van der Waals surface area contributed by atoms with E-state index in [1.807, 2.05) is 13.8 Å². The number of benzene rings is 3. The van der Waals surface area contributed by atoms with Crippen LogP contribution in [-0.4, -0.2) is 36.4 Å². The number of rotatable bonds is 7. The van der Waals surface area contributed by atoms with Gasteiger partial charge in [0.2, 0.25) is 5.88 Å². The molecule has 1 N–H and O–H groups in total.